The molecule has 1 unspecified atom stereocenters. The van der Waals surface area contributed by atoms with Crippen molar-refractivity contribution in [3.63, 3.8) is 0 Å². The van der Waals surface area contributed by atoms with Crippen molar-refractivity contribution in [1.29, 1.82) is 0 Å². The lowest BCUT2D eigenvalue weighted by Crippen LogP contribution is -2.09. The summed E-state index contributed by atoms with van der Waals surface area (Å²) in [5, 5.41) is 0. The van der Waals surface area contributed by atoms with E-state index in [0.29, 0.717) is 5.41 Å². The summed E-state index contributed by atoms with van der Waals surface area (Å²) in [4.78, 5) is 0. The highest BCUT2D eigenvalue weighted by Gasteiger charge is 2.09. The summed E-state index contributed by atoms with van der Waals surface area (Å²) in [7, 11) is -0.612. The standard InChI is InChI=1S/C7H16OS.C2H6/c1-7(2,3)5-6-9(4)8;1-2/h5-6H2,1-4H3;1-2H3. The molecule has 0 saturated heterocycles. The molecule has 0 aliphatic carbocycles. The predicted molar refractivity (Wildman–Crippen MR) is 54.4 cm³/mol. The van der Waals surface area contributed by atoms with Crippen molar-refractivity contribution in [3.8, 4) is 0 Å². The van der Waals surface area contributed by atoms with Crippen LogP contribution in [0.2, 0.25) is 0 Å². The smallest absolute Gasteiger partial charge is 0.0237 e. The fraction of sp³-hybridized carbons (Fsp3) is 1.00. The molecular weight excluding hydrogens is 156 g/mol. The maximum Gasteiger partial charge on any atom is 0.0237 e. The fourth-order valence-electron chi connectivity index (χ4n) is 0.450. The van der Waals surface area contributed by atoms with E-state index in [1.807, 2.05) is 13.8 Å². The summed E-state index contributed by atoms with van der Waals surface area (Å²) in [6.07, 6.45) is 2.81. The first kappa shape index (κ1) is 13.7. The Kier molecular flexibility index (Phi) is 8.53. The van der Waals surface area contributed by atoms with Gasteiger partial charge in [0.1, 0.15) is 0 Å². The van der Waals surface area contributed by atoms with Crippen molar-refractivity contribution in [3.05, 3.63) is 0 Å². The van der Waals surface area contributed by atoms with Crippen molar-refractivity contribution >= 4 is 10.8 Å². The van der Waals surface area contributed by atoms with E-state index in [1.54, 1.807) is 6.26 Å². The summed E-state index contributed by atoms with van der Waals surface area (Å²) in [6, 6.07) is 0. The maximum absolute atomic E-state index is 10.6. The van der Waals surface area contributed by atoms with Crippen molar-refractivity contribution < 1.29 is 4.21 Å². The highest BCUT2D eigenvalue weighted by molar-refractivity contribution is 7.84. The van der Waals surface area contributed by atoms with Gasteiger partial charge < -0.3 is 0 Å². The molecule has 0 N–H and O–H groups in total. The SMILES string of the molecule is CC.CS(=O)CCC(C)(C)C. The summed E-state index contributed by atoms with van der Waals surface area (Å²) in [6.45, 7) is 10.5. The lowest BCUT2D eigenvalue weighted by atomic mass is 9.94. The minimum Gasteiger partial charge on any atom is -0.260 e. The molecule has 1 atom stereocenters. The van der Waals surface area contributed by atoms with Gasteiger partial charge in [0.15, 0.2) is 0 Å². The Morgan fingerprint density at radius 3 is 1.64 bits per heavy atom. The van der Waals surface area contributed by atoms with Gasteiger partial charge in [0.2, 0.25) is 0 Å². The largest absolute Gasteiger partial charge is 0.260 e. The van der Waals surface area contributed by atoms with Gasteiger partial charge in [-0.05, 0) is 11.8 Å². The molecule has 11 heavy (non-hydrogen) atoms. The van der Waals surface area contributed by atoms with Crippen LogP contribution in [0.5, 0.6) is 0 Å². The summed E-state index contributed by atoms with van der Waals surface area (Å²) in [5.74, 6) is 0.837. The molecule has 0 bridgehead atoms. The number of rotatable bonds is 2. The first-order valence-corrected chi connectivity index (χ1v) is 5.94. The Hall–Kier alpha value is 0.150. The molecule has 0 saturated carbocycles. The first-order valence-electron chi connectivity index (χ1n) is 4.22. The Bertz CT molecular complexity index is 103. The molecule has 2 heteroatoms. The van der Waals surface area contributed by atoms with Crippen LogP contribution in [0.1, 0.15) is 41.0 Å². The fourth-order valence-corrected chi connectivity index (χ4v) is 1.35. The second-order valence-electron chi connectivity index (χ2n) is 3.59. The van der Waals surface area contributed by atoms with Gasteiger partial charge in [0, 0.05) is 22.8 Å². The third-order valence-electron chi connectivity index (χ3n) is 1.14. The van der Waals surface area contributed by atoms with Gasteiger partial charge in [0.25, 0.3) is 0 Å². The monoisotopic (exact) mass is 178 g/mol. The van der Waals surface area contributed by atoms with Gasteiger partial charge >= 0.3 is 0 Å². The van der Waals surface area contributed by atoms with Crippen LogP contribution >= 0.6 is 0 Å². The zero-order chi connectivity index (χ0) is 9.49. The average Bonchev–Trinajstić information content (AvgIpc) is 1.87. The Labute approximate surface area is 74.0 Å². The Morgan fingerprint density at radius 1 is 1.18 bits per heavy atom. The number of hydrogen-bond acceptors (Lipinski definition) is 1. The van der Waals surface area contributed by atoms with Crippen LogP contribution in [-0.2, 0) is 10.8 Å². The lowest BCUT2D eigenvalue weighted by Gasteiger charge is -2.16. The Balaban J connectivity index is 0. The molecule has 1 nitrogen and oxygen atoms in total. The molecular formula is C9H22OS. The minimum absolute atomic E-state index is 0.339. The van der Waals surface area contributed by atoms with Crippen LogP contribution in [-0.4, -0.2) is 16.2 Å². The van der Waals surface area contributed by atoms with Gasteiger partial charge in [-0.1, -0.05) is 34.6 Å². The van der Waals surface area contributed by atoms with E-state index in [-0.39, 0.29) is 0 Å². The second-order valence-corrected chi connectivity index (χ2v) is 5.14. The molecule has 0 aliphatic heterocycles. The van der Waals surface area contributed by atoms with Crippen LogP contribution in [0, 0.1) is 5.41 Å². The van der Waals surface area contributed by atoms with Crippen LogP contribution in [0.15, 0.2) is 0 Å². The van der Waals surface area contributed by atoms with E-state index in [2.05, 4.69) is 20.8 Å². The predicted octanol–water partition coefficient (Wildman–Crippen LogP) is 2.83. The van der Waals surface area contributed by atoms with Crippen molar-refractivity contribution in [2.24, 2.45) is 5.41 Å². The maximum atomic E-state index is 10.6. The molecule has 0 spiro atoms. The normalized spacial score (nSPS) is 13.3. The topological polar surface area (TPSA) is 17.1 Å². The van der Waals surface area contributed by atoms with Gasteiger partial charge in [0.05, 0.1) is 0 Å². The van der Waals surface area contributed by atoms with Crippen LogP contribution in [0.3, 0.4) is 0 Å². The van der Waals surface area contributed by atoms with E-state index in [9.17, 15) is 4.21 Å². The molecule has 0 heterocycles. The van der Waals surface area contributed by atoms with Gasteiger partial charge in [-0.25, -0.2) is 0 Å². The first-order chi connectivity index (χ1) is 4.92. The zero-order valence-electron chi connectivity index (χ0n) is 8.73. The molecule has 0 fully saturated rings. The Morgan fingerprint density at radius 2 is 1.55 bits per heavy atom. The molecule has 0 rings (SSSR count). The molecule has 0 aromatic heterocycles. The molecule has 0 amide bonds. The van der Waals surface area contributed by atoms with E-state index >= 15 is 0 Å². The van der Waals surface area contributed by atoms with Crippen molar-refractivity contribution in [2.45, 2.75) is 41.0 Å². The van der Waals surface area contributed by atoms with Crippen molar-refractivity contribution in [2.75, 3.05) is 12.0 Å². The third kappa shape index (κ3) is 17.8. The van der Waals surface area contributed by atoms with E-state index in [1.165, 1.54) is 0 Å². The summed E-state index contributed by atoms with van der Waals surface area (Å²) in [5.41, 5.74) is 0.339. The van der Waals surface area contributed by atoms with E-state index in [4.69, 9.17) is 0 Å². The molecule has 70 valence electrons. The molecule has 0 aromatic rings. The van der Waals surface area contributed by atoms with Crippen LogP contribution < -0.4 is 0 Å². The average molecular weight is 178 g/mol. The second kappa shape index (κ2) is 6.84. The summed E-state index contributed by atoms with van der Waals surface area (Å²) >= 11 is 0. The van der Waals surface area contributed by atoms with Crippen LogP contribution in [0.4, 0.5) is 0 Å². The molecule has 0 radical (unpaired) electrons. The third-order valence-corrected chi connectivity index (χ3v) is 1.92. The lowest BCUT2D eigenvalue weighted by molar-refractivity contribution is 0.400. The van der Waals surface area contributed by atoms with Gasteiger partial charge in [-0.2, -0.15) is 0 Å². The quantitative estimate of drug-likeness (QED) is 0.635. The molecule has 0 aromatic carbocycles. The minimum atomic E-state index is -0.612. The van der Waals surface area contributed by atoms with Crippen LogP contribution in [0.25, 0.3) is 0 Å². The van der Waals surface area contributed by atoms with Crippen molar-refractivity contribution in [1.82, 2.24) is 0 Å². The van der Waals surface area contributed by atoms with E-state index < -0.39 is 10.8 Å². The highest BCUT2D eigenvalue weighted by Crippen LogP contribution is 2.17. The van der Waals surface area contributed by atoms with Gasteiger partial charge in [-0.3, -0.25) is 4.21 Å². The highest BCUT2D eigenvalue weighted by atomic mass is 32.2. The zero-order valence-corrected chi connectivity index (χ0v) is 9.55. The molecule has 0 aliphatic rings. The van der Waals surface area contributed by atoms with Gasteiger partial charge in [-0.15, -0.1) is 0 Å². The van der Waals surface area contributed by atoms with E-state index in [0.717, 1.165) is 12.2 Å². The number of hydrogen-bond donors (Lipinski definition) is 0. The summed E-state index contributed by atoms with van der Waals surface area (Å²) < 4.78 is 10.6.